The Bertz CT molecular complexity index is 381. The Kier molecular flexibility index (Phi) is 6.85. The zero-order valence-corrected chi connectivity index (χ0v) is 12.4. The van der Waals surface area contributed by atoms with Crippen LogP contribution in [0.25, 0.3) is 0 Å². The van der Waals surface area contributed by atoms with Crippen molar-refractivity contribution >= 4 is 13.8 Å². The van der Waals surface area contributed by atoms with Gasteiger partial charge < -0.3 is 14.5 Å². The van der Waals surface area contributed by atoms with Crippen molar-refractivity contribution < 1.29 is 33.4 Å². The number of carbonyl (C=O) groups is 1. The first-order valence-electron chi connectivity index (χ1n) is 6.51. The van der Waals surface area contributed by atoms with Crippen LogP contribution < -0.4 is 0 Å². The number of phosphoric acid groups is 1. The van der Waals surface area contributed by atoms with E-state index in [0.29, 0.717) is 30.9 Å². The third-order valence-electron chi connectivity index (χ3n) is 3.18. The molecule has 1 aliphatic rings. The molecule has 0 bridgehead atoms. The Balaban J connectivity index is 2.14. The Morgan fingerprint density at radius 2 is 1.90 bits per heavy atom. The summed E-state index contributed by atoms with van der Waals surface area (Å²) in [5.74, 6) is 0.0416. The van der Waals surface area contributed by atoms with Gasteiger partial charge in [-0.3, -0.25) is 0 Å². The van der Waals surface area contributed by atoms with Gasteiger partial charge in [0.2, 0.25) is 0 Å². The Labute approximate surface area is 118 Å². The molecule has 116 valence electrons. The second kappa shape index (κ2) is 7.90. The van der Waals surface area contributed by atoms with E-state index in [1.54, 1.807) is 6.92 Å². The summed E-state index contributed by atoms with van der Waals surface area (Å²) < 4.78 is 19.5. The molecule has 7 nitrogen and oxygen atoms in total. The van der Waals surface area contributed by atoms with Gasteiger partial charge in [-0.25, -0.2) is 14.2 Å². The van der Waals surface area contributed by atoms with E-state index in [1.165, 1.54) is 0 Å². The van der Waals surface area contributed by atoms with Crippen LogP contribution in [0.15, 0.2) is 12.2 Å². The van der Waals surface area contributed by atoms with Gasteiger partial charge in [-0.05, 0) is 44.9 Å². The summed E-state index contributed by atoms with van der Waals surface area (Å²) in [5, 5.41) is 0. The fourth-order valence-electron chi connectivity index (χ4n) is 2.08. The van der Waals surface area contributed by atoms with Crippen LogP contribution in [0.4, 0.5) is 0 Å². The number of hydrogen-bond acceptors (Lipinski definition) is 5. The van der Waals surface area contributed by atoms with Crippen molar-refractivity contribution in [3.63, 3.8) is 0 Å². The van der Waals surface area contributed by atoms with Crippen LogP contribution in [0, 0.1) is 5.92 Å². The molecule has 0 aromatic heterocycles. The SMILES string of the molecule is C=C(C)C(=O)OCCC1CCC(OOP(=O)(O)O)CC1. The minimum atomic E-state index is -4.57. The summed E-state index contributed by atoms with van der Waals surface area (Å²) >= 11 is 0. The molecule has 0 aromatic carbocycles. The second-order valence-corrected chi connectivity index (χ2v) is 6.14. The highest BCUT2D eigenvalue weighted by Gasteiger charge is 2.25. The van der Waals surface area contributed by atoms with Crippen molar-refractivity contribution in [1.29, 1.82) is 0 Å². The van der Waals surface area contributed by atoms with Gasteiger partial charge in [0, 0.05) is 5.57 Å². The van der Waals surface area contributed by atoms with Gasteiger partial charge in [0.1, 0.15) is 0 Å². The van der Waals surface area contributed by atoms with E-state index in [0.717, 1.165) is 19.3 Å². The topological polar surface area (TPSA) is 102 Å². The summed E-state index contributed by atoms with van der Waals surface area (Å²) in [6, 6.07) is 0. The van der Waals surface area contributed by atoms with E-state index in [2.05, 4.69) is 11.3 Å². The van der Waals surface area contributed by atoms with Crippen molar-refractivity contribution in [1.82, 2.24) is 0 Å². The lowest BCUT2D eigenvalue weighted by atomic mass is 9.85. The third-order valence-corrected chi connectivity index (χ3v) is 3.46. The summed E-state index contributed by atoms with van der Waals surface area (Å²) in [6.07, 6.45) is 3.50. The van der Waals surface area contributed by atoms with Crippen LogP contribution in [0.3, 0.4) is 0 Å². The molecular weight excluding hydrogens is 287 g/mol. The molecule has 0 saturated heterocycles. The second-order valence-electron chi connectivity index (χ2n) is 5.01. The quantitative estimate of drug-likeness (QED) is 0.244. The average molecular weight is 308 g/mol. The van der Waals surface area contributed by atoms with Crippen LogP contribution in [0.1, 0.15) is 39.0 Å². The summed E-state index contributed by atoms with van der Waals surface area (Å²) in [5.41, 5.74) is 0.386. The van der Waals surface area contributed by atoms with E-state index in [-0.39, 0.29) is 12.1 Å². The predicted molar refractivity (Wildman–Crippen MR) is 70.4 cm³/mol. The maximum absolute atomic E-state index is 11.2. The van der Waals surface area contributed by atoms with Gasteiger partial charge in [-0.1, -0.05) is 6.58 Å². The molecule has 0 aromatic rings. The van der Waals surface area contributed by atoms with Crippen molar-refractivity contribution in [2.75, 3.05) is 6.61 Å². The molecule has 0 radical (unpaired) electrons. The molecule has 8 heteroatoms. The van der Waals surface area contributed by atoms with Crippen LogP contribution in [-0.4, -0.2) is 28.5 Å². The van der Waals surface area contributed by atoms with Gasteiger partial charge in [0.15, 0.2) is 0 Å². The van der Waals surface area contributed by atoms with Gasteiger partial charge in [-0.15, -0.1) is 4.67 Å². The molecule has 0 heterocycles. The Morgan fingerprint density at radius 3 is 2.40 bits per heavy atom. The minimum absolute atomic E-state index is 0.295. The number of rotatable bonds is 7. The number of carbonyl (C=O) groups excluding carboxylic acids is 1. The van der Waals surface area contributed by atoms with Crippen molar-refractivity contribution in [2.45, 2.75) is 45.1 Å². The van der Waals surface area contributed by atoms with E-state index in [1.807, 2.05) is 0 Å². The molecule has 0 spiro atoms. The molecule has 1 saturated carbocycles. The van der Waals surface area contributed by atoms with Crippen molar-refractivity contribution in [3.05, 3.63) is 12.2 Å². The number of ether oxygens (including phenoxy) is 1. The zero-order chi connectivity index (χ0) is 15.2. The highest BCUT2D eigenvalue weighted by molar-refractivity contribution is 7.46. The van der Waals surface area contributed by atoms with Gasteiger partial charge in [0.05, 0.1) is 12.7 Å². The first kappa shape index (κ1) is 17.3. The normalized spacial score (nSPS) is 23.4. The summed E-state index contributed by atoms with van der Waals surface area (Å²) in [4.78, 5) is 32.9. The minimum Gasteiger partial charge on any atom is -0.462 e. The molecule has 0 unspecified atom stereocenters. The Morgan fingerprint density at radius 1 is 1.30 bits per heavy atom. The highest BCUT2D eigenvalue weighted by atomic mass is 31.2. The van der Waals surface area contributed by atoms with E-state index < -0.39 is 7.82 Å². The smallest absolute Gasteiger partial charge is 0.462 e. The summed E-state index contributed by atoms with van der Waals surface area (Å²) in [6.45, 7) is 5.47. The molecule has 20 heavy (non-hydrogen) atoms. The fourth-order valence-corrected chi connectivity index (χ4v) is 2.31. The number of esters is 1. The third kappa shape index (κ3) is 7.17. The van der Waals surface area contributed by atoms with Crippen LogP contribution in [0.2, 0.25) is 0 Å². The lowest BCUT2D eigenvalue weighted by Gasteiger charge is -2.27. The lowest BCUT2D eigenvalue weighted by Crippen LogP contribution is -2.22. The Hall–Kier alpha value is -0.720. The van der Waals surface area contributed by atoms with Gasteiger partial charge in [0.25, 0.3) is 0 Å². The monoisotopic (exact) mass is 308 g/mol. The first-order chi connectivity index (χ1) is 9.28. The largest absolute Gasteiger partial charge is 0.496 e. The van der Waals surface area contributed by atoms with Crippen LogP contribution >= 0.6 is 7.82 Å². The molecular formula is C12H21O7P. The summed E-state index contributed by atoms with van der Waals surface area (Å²) in [7, 11) is -4.57. The van der Waals surface area contributed by atoms with Crippen LogP contribution in [0.5, 0.6) is 0 Å². The molecule has 1 rings (SSSR count). The predicted octanol–water partition coefficient (Wildman–Crippen LogP) is 2.10. The molecule has 1 fully saturated rings. The fraction of sp³-hybridized carbons (Fsp3) is 0.750. The van der Waals surface area contributed by atoms with Gasteiger partial charge >= 0.3 is 13.8 Å². The molecule has 0 atom stereocenters. The van der Waals surface area contributed by atoms with Crippen LogP contribution in [-0.2, 0) is 23.7 Å². The lowest BCUT2D eigenvalue weighted by molar-refractivity contribution is -0.265. The van der Waals surface area contributed by atoms with E-state index in [9.17, 15) is 9.36 Å². The van der Waals surface area contributed by atoms with Crippen molar-refractivity contribution in [2.24, 2.45) is 5.92 Å². The highest BCUT2D eigenvalue weighted by Crippen LogP contribution is 2.38. The van der Waals surface area contributed by atoms with E-state index in [4.69, 9.17) is 19.4 Å². The number of hydrogen-bond donors (Lipinski definition) is 2. The molecule has 0 aliphatic heterocycles. The standard InChI is InChI=1S/C12H21O7P/c1-9(2)12(13)17-8-7-10-3-5-11(6-4-10)18-19-20(14,15)16/h10-11H,1,3-8H2,2H3,(H2,14,15,16). The molecule has 1 aliphatic carbocycles. The van der Waals surface area contributed by atoms with Gasteiger partial charge in [-0.2, -0.15) is 0 Å². The maximum Gasteiger partial charge on any atom is 0.496 e. The molecule has 2 N–H and O–H groups in total. The van der Waals surface area contributed by atoms with E-state index >= 15 is 0 Å². The average Bonchev–Trinajstić information content (AvgIpc) is 2.36. The van der Waals surface area contributed by atoms with Crippen molar-refractivity contribution in [3.8, 4) is 0 Å². The first-order valence-corrected chi connectivity index (χ1v) is 8.04. The molecule has 0 amide bonds. The maximum atomic E-state index is 11.2. The zero-order valence-electron chi connectivity index (χ0n) is 11.5.